The van der Waals surface area contributed by atoms with Gasteiger partial charge in [-0.25, -0.2) is 4.79 Å². The van der Waals surface area contributed by atoms with Crippen molar-refractivity contribution in [1.29, 1.82) is 0 Å². The van der Waals surface area contributed by atoms with Crippen molar-refractivity contribution in [3.63, 3.8) is 0 Å². The van der Waals surface area contributed by atoms with Crippen molar-refractivity contribution >= 4 is 35.6 Å². The van der Waals surface area contributed by atoms with Gasteiger partial charge in [-0.1, -0.05) is 44.2 Å². The highest BCUT2D eigenvalue weighted by molar-refractivity contribution is 5.96. The van der Waals surface area contributed by atoms with Gasteiger partial charge in [0.1, 0.15) is 18.1 Å². The van der Waals surface area contributed by atoms with Gasteiger partial charge < -0.3 is 44.0 Å². The van der Waals surface area contributed by atoms with Gasteiger partial charge in [0, 0.05) is 13.0 Å². The molecule has 1 rings (SSSR count). The number of hydrogen-bond acceptors (Lipinski definition) is 7. The Morgan fingerprint density at radius 2 is 1.42 bits per heavy atom. The second-order valence-corrected chi connectivity index (χ2v) is 9.10. The van der Waals surface area contributed by atoms with Crippen molar-refractivity contribution < 1.29 is 29.1 Å². The summed E-state index contributed by atoms with van der Waals surface area (Å²) < 4.78 is 0. The van der Waals surface area contributed by atoms with Crippen molar-refractivity contribution in [2.24, 2.45) is 33.8 Å². The predicted octanol–water partition coefficient (Wildman–Crippen LogP) is -2.32. The first-order valence-electron chi connectivity index (χ1n) is 12.1. The maximum atomic E-state index is 13.1. The number of rotatable bonds is 16. The summed E-state index contributed by atoms with van der Waals surface area (Å²) >= 11 is 0. The highest BCUT2D eigenvalue weighted by atomic mass is 16.4. The highest BCUT2D eigenvalue weighted by Gasteiger charge is 2.31. The number of amides is 4. The molecule has 0 spiro atoms. The Bertz CT molecular complexity index is 997. The van der Waals surface area contributed by atoms with Gasteiger partial charge in [-0.3, -0.25) is 24.2 Å². The van der Waals surface area contributed by atoms with Crippen molar-refractivity contribution in [1.82, 2.24) is 16.0 Å². The first-order valence-corrected chi connectivity index (χ1v) is 12.1. The van der Waals surface area contributed by atoms with Crippen LogP contribution in [0, 0.1) is 5.92 Å². The van der Waals surface area contributed by atoms with E-state index in [1.54, 1.807) is 44.2 Å². The molecule has 14 heteroatoms. The molecule has 4 atom stereocenters. The number of carboxylic acid groups (broad SMARTS) is 1. The molecular formula is C24H38N8O6. The molecule has 0 bridgehead atoms. The van der Waals surface area contributed by atoms with E-state index >= 15 is 0 Å². The monoisotopic (exact) mass is 534 g/mol. The Balaban J connectivity index is 3.11. The third-order valence-electron chi connectivity index (χ3n) is 5.53. The number of guanidine groups is 1. The van der Waals surface area contributed by atoms with Gasteiger partial charge in [0.25, 0.3) is 0 Å². The van der Waals surface area contributed by atoms with E-state index in [4.69, 9.17) is 22.9 Å². The summed E-state index contributed by atoms with van der Waals surface area (Å²) in [5.74, 6) is -4.84. The van der Waals surface area contributed by atoms with E-state index < -0.39 is 60.2 Å². The Morgan fingerprint density at radius 1 is 0.868 bits per heavy atom. The average molecular weight is 535 g/mol. The zero-order chi connectivity index (χ0) is 28.8. The quantitative estimate of drug-likeness (QED) is 0.0642. The Kier molecular flexibility index (Phi) is 13.2. The number of aliphatic imine (C=N–C) groups is 1. The van der Waals surface area contributed by atoms with Gasteiger partial charge in [-0.15, -0.1) is 0 Å². The second-order valence-electron chi connectivity index (χ2n) is 9.10. The number of nitrogens with zero attached hydrogens (tertiary/aromatic N) is 1. The molecule has 0 saturated heterocycles. The van der Waals surface area contributed by atoms with Crippen LogP contribution in [-0.4, -0.2) is 71.4 Å². The van der Waals surface area contributed by atoms with Gasteiger partial charge in [0.15, 0.2) is 5.96 Å². The van der Waals surface area contributed by atoms with E-state index in [0.717, 1.165) is 0 Å². The third kappa shape index (κ3) is 11.7. The fraction of sp³-hybridized carbons (Fsp3) is 0.500. The molecule has 4 amide bonds. The molecule has 0 aliphatic rings. The van der Waals surface area contributed by atoms with Crippen molar-refractivity contribution in [3.05, 3.63) is 35.9 Å². The summed E-state index contributed by atoms with van der Waals surface area (Å²) in [7, 11) is 0. The summed E-state index contributed by atoms with van der Waals surface area (Å²) in [6, 6.07) is 3.82. The van der Waals surface area contributed by atoms with Crippen LogP contribution in [0.2, 0.25) is 0 Å². The minimum absolute atomic E-state index is 0.00149. The number of carbonyl (C=O) groups is 5. The first-order chi connectivity index (χ1) is 17.8. The van der Waals surface area contributed by atoms with E-state index in [0.29, 0.717) is 5.56 Å². The molecule has 0 heterocycles. The number of carboxylic acids is 1. The highest BCUT2D eigenvalue weighted by Crippen LogP contribution is 2.07. The summed E-state index contributed by atoms with van der Waals surface area (Å²) in [5, 5.41) is 16.9. The van der Waals surface area contributed by atoms with Crippen LogP contribution in [0.5, 0.6) is 0 Å². The maximum Gasteiger partial charge on any atom is 0.326 e. The third-order valence-corrected chi connectivity index (χ3v) is 5.53. The van der Waals surface area contributed by atoms with Crippen LogP contribution in [0.15, 0.2) is 35.3 Å². The average Bonchev–Trinajstić information content (AvgIpc) is 2.84. The molecule has 12 N–H and O–H groups in total. The van der Waals surface area contributed by atoms with E-state index in [9.17, 15) is 29.1 Å². The Hall–Kier alpha value is -4.20. The van der Waals surface area contributed by atoms with Crippen LogP contribution in [0.3, 0.4) is 0 Å². The number of aliphatic carboxylic acids is 1. The lowest BCUT2D eigenvalue weighted by atomic mass is 10.0. The molecule has 14 nitrogen and oxygen atoms in total. The summed E-state index contributed by atoms with van der Waals surface area (Å²) in [5.41, 5.74) is 22.3. The number of benzene rings is 1. The SMILES string of the molecule is CC(C)C(N)C(=O)NC(CC(N)=O)C(=O)NC(Cc1ccccc1)C(=O)NC(CCCN=C(N)N)C(=O)O. The van der Waals surface area contributed by atoms with Crippen LogP contribution in [-0.2, 0) is 30.4 Å². The number of nitrogens with one attached hydrogen (secondary N) is 3. The number of primary amides is 1. The largest absolute Gasteiger partial charge is 0.480 e. The van der Waals surface area contributed by atoms with Gasteiger partial charge in [0.2, 0.25) is 23.6 Å². The van der Waals surface area contributed by atoms with Crippen LogP contribution in [0.4, 0.5) is 0 Å². The molecule has 0 saturated carbocycles. The van der Waals surface area contributed by atoms with Gasteiger partial charge in [-0.05, 0) is 24.3 Å². The fourth-order valence-corrected chi connectivity index (χ4v) is 3.35. The normalized spacial score (nSPS) is 13.9. The number of hydrogen-bond donors (Lipinski definition) is 8. The smallest absolute Gasteiger partial charge is 0.326 e. The maximum absolute atomic E-state index is 13.1. The lowest BCUT2D eigenvalue weighted by Crippen LogP contribution is -2.58. The van der Waals surface area contributed by atoms with Crippen LogP contribution in [0.25, 0.3) is 0 Å². The molecular weight excluding hydrogens is 496 g/mol. The molecule has 0 aliphatic heterocycles. The minimum atomic E-state index is -1.40. The zero-order valence-corrected chi connectivity index (χ0v) is 21.6. The summed E-state index contributed by atoms with van der Waals surface area (Å²) in [6.45, 7) is 3.59. The predicted molar refractivity (Wildman–Crippen MR) is 140 cm³/mol. The van der Waals surface area contributed by atoms with E-state index in [1.807, 2.05) is 0 Å². The van der Waals surface area contributed by atoms with Crippen LogP contribution < -0.4 is 38.9 Å². The van der Waals surface area contributed by atoms with Crippen molar-refractivity contribution in [2.45, 2.75) is 63.7 Å². The summed E-state index contributed by atoms with van der Waals surface area (Å²) in [6.07, 6.45) is -0.239. The molecule has 0 aromatic heterocycles. The number of nitrogens with two attached hydrogens (primary N) is 4. The molecule has 38 heavy (non-hydrogen) atoms. The van der Waals surface area contributed by atoms with E-state index in [-0.39, 0.29) is 37.7 Å². The van der Waals surface area contributed by atoms with Crippen LogP contribution >= 0.6 is 0 Å². The first kappa shape index (κ1) is 31.8. The number of carbonyl (C=O) groups excluding carboxylic acids is 4. The molecule has 210 valence electrons. The second kappa shape index (κ2) is 15.8. The van der Waals surface area contributed by atoms with Crippen LogP contribution in [0.1, 0.15) is 38.7 Å². The Morgan fingerprint density at radius 3 is 1.95 bits per heavy atom. The van der Waals surface area contributed by atoms with E-state index in [2.05, 4.69) is 20.9 Å². The standard InChI is InChI=1S/C24H38N8O6/c1-13(2)19(26)22(36)32-17(12-18(25)33)21(35)31-16(11-14-7-4-3-5-8-14)20(34)30-15(23(37)38)9-6-10-29-24(27)28/h3-5,7-8,13,15-17,19H,6,9-12,26H2,1-2H3,(H2,25,33)(H,30,34)(H,31,35)(H,32,36)(H,37,38)(H4,27,28,29). The minimum Gasteiger partial charge on any atom is -0.480 e. The van der Waals surface area contributed by atoms with E-state index in [1.165, 1.54) is 0 Å². The lowest BCUT2D eigenvalue weighted by molar-refractivity contribution is -0.142. The topological polar surface area (TPSA) is 258 Å². The van der Waals surface area contributed by atoms with Gasteiger partial charge in [-0.2, -0.15) is 0 Å². The van der Waals surface area contributed by atoms with Crippen molar-refractivity contribution in [3.8, 4) is 0 Å². The molecule has 0 fully saturated rings. The molecule has 0 radical (unpaired) electrons. The Labute approximate surface area is 221 Å². The summed E-state index contributed by atoms with van der Waals surface area (Å²) in [4.78, 5) is 65.8. The molecule has 1 aromatic carbocycles. The van der Waals surface area contributed by atoms with Gasteiger partial charge >= 0.3 is 5.97 Å². The van der Waals surface area contributed by atoms with Crippen molar-refractivity contribution in [2.75, 3.05) is 6.54 Å². The van der Waals surface area contributed by atoms with Gasteiger partial charge in [0.05, 0.1) is 12.5 Å². The molecule has 1 aromatic rings. The fourth-order valence-electron chi connectivity index (χ4n) is 3.35. The molecule has 4 unspecified atom stereocenters. The molecule has 0 aliphatic carbocycles. The zero-order valence-electron chi connectivity index (χ0n) is 21.6. The lowest BCUT2D eigenvalue weighted by Gasteiger charge is -2.25.